The first kappa shape index (κ1) is 17.5. The molecule has 2 aliphatic rings. The molecule has 0 aromatic carbocycles. The van der Waals surface area contributed by atoms with Crippen molar-refractivity contribution < 1.29 is 9.59 Å². The first-order chi connectivity index (χ1) is 13.0. The van der Waals surface area contributed by atoms with Gasteiger partial charge in [0.1, 0.15) is 5.82 Å². The van der Waals surface area contributed by atoms with E-state index in [1.54, 1.807) is 30.0 Å². The van der Waals surface area contributed by atoms with Crippen LogP contribution in [-0.4, -0.2) is 63.0 Å². The highest BCUT2D eigenvalue weighted by Crippen LogP contribution is 2.31. The number of nitrogens with zero attached hydrogens (tertiary/aromatic N) is 4. The van der Waals surface area contributed by atoms with Crippen LogP contribution in [0.2, 0.25) is 0 Å². The van der Waals surface area contributed by atoms with E-state index in [2.05, 4.69) is 20.5 Å². The van der Waals surface area contributed by atoms with Gasteiger partial charge < -0.3 is 15.1 Å². The second-order valence-electron chi connectivity index (χ2n) is 7.30. The third-order valence-corrected chi connectivity index (χ3v) is 5.64. The molecule has 142 valence electrons. The van der Waals surface area contributed by atoms with Crippen LogP contribution in [0.1, 0.15) is 47.4 Å². The quantitative estimate of drug-likeness (QED) is 0.855. The molecular weight excluding hydrogens is 344 g/mol. The summed E-state index contributed by atoms with van der Waals surface area (Å²) in [6, 6.07) is 3.95. The van der Waals surface area contributed by atoms with E-state index in [0.717, 1.165) is 25.1 Å². The summed E-state index contributed by atoms with van der Waals surface area (Å²) in [6.45, 7) is 2.78. The van der Waals surface area contributed by atoms with Gasteiger partial charge in [0, 0.05) is 44.5 Å². The van der Waals surface area contributed by atoms with Crippen molar-refractivity contribution in [3.05, 3.63) is 41.3 Å². The molecular formula is C19H24N6O2. The Labute approximate surface area is 158 Å². The topological polar surface area (TPSA) is 94.2 Å². The summed E-state index contributed by atoms with van der Waals surface area (Å²) < 4.78 is 0. The highest BCUT2D eigenvalue weighted by molar-refractivity contribution is 5.94. The van der Waals surface area contributed by atoms with E-state index < -0.39 is 0 Å². The summed E-state index contributed by atoms with van der Waals surface area (Å²) in [5.41, 5.74) is 2.94. The summed E-state index contributed by atoms with van der Waals surface area (Å²) in [4.78, 5) is 32.2. The number of fused-ring (bicyclic) bond motifs is 1. The van der Waals surface area contributed by atoms with Gasteiger partial charge in [-0.25, -0.2) is 4.98 Å². The number of aromatic nitrogens is 3. The van der Waals surface area contributed by atoms with Crippen molar-refractivity contribution in [1.82, 2.24) is 25.0 Å². The van der Waals surface area contributed by atoms with Gasteiger partial charge in [-0.3, -0.25) is 14.7 Å². The number of rotatable bonds is 4. The number of H-pyrrole nitrogens is 1. The van der Waals surface area contributed by atoms with Crippen molar-refractivity contribution in [2.24, 2.45) is 0 Å². The Hall–Kier alpha value is -2.90. The van der Waals surface area contributed by atoms with E-state index in [9.17, 15) is 9.59 Å². The molecule has 0 saturated carbocycles. The number of carbonyl (C=O) groups is 2. The van der Waals surface area contributed by atoms with Crippen molar-refractivity contribution in [2.45, 2.75) is 38.3 Å². The van der Waals surface area contributed by atoms with Gasteiger partial charge >= 0.3 is 0 Å². The van der Waals surface area contributed by atoms with Crippen LogP contribution in [0.3, 0.4) is 0 Å². The molecule has 8 heteroatoms. The number of hydrogen-bond donors (Lipinski definition) is 2. The van der Waals surface area contributed by atoms with E-state index in [1.807, 2.05) is 18.3 Å². The minimum atomic E-state index is -0.0357. The molecule has 0 bridgehead atoms. The largest absolute Gasteiger partial charge is 0.363 e. The van der Waals surface area contributed by atoms with Crippen molar-refractivity contribution in [2.75, 3.05) is 25.5 Å². The molecule has 0 radical (unpaired) electrons. The van der Waals surface area contributed by atoms with Crippen LogP contribution in [0.5, 0.6) is 0 Å². The molecule has 8 nitrogen and oxygen atoms in total. The Morgan fingerprint density at radius 1 is 1.30 bits per heavy atom. The number of aromatic amines is 1. The zero-order chi connectivity index (χ0) is 19.0. The SMILES string of the molecule is CC(=O)N(C)[C@H]1CCN(C(=O)c2ccc(NC3CCc4[nH]ncc43)nc2)C1. The normalized spacial score (nSPS) is 21.2. The van der Waals surface area contributed by atoms with Crippen LogP contribution in [0, 0.1) is 0 Å². The Balaban J connectivity index is 1.38. The summed E-state index contributed by atoms with van der Waals surface area (Å²) in [5.74, 6) is 0.742. The van der Waals surface area contributed by atoms with E-state index >= 15 is 0 Å². The average Bonchev–Trinajstić information content (AvgIpc) is 3.39. The summed E-state index contributed by atoms with van der Waals surface area (Å²) in [5, 5.41) is 10.5. The lowest BCUT2D eigenvalue weighted by Crippen LogP contribution is -2.38. The molecule has 2 amide bonds. The molecule has 1 saturated heterocycles. The number of nitrogens with one attached hydrogen (secondary N) is 2. The second-order valence-corrected chi connectivity index (χ2v) is 7.30. The van der Waals surface area contributed by atoms with Crippen molar-refractivity contribution in [3.8, 4) is 0 Å². The molecule has 1 aliphatic carbocycles. The fourth-order valence-electron chi connectivity index (χ4n) is 3.88. The van der Waals surface area contributed by atoms with E-state index in [4.69, 9.17) is 0 Å². The van der Waals surface area contributed by atoms with Gasteiger partial charge in [0.15, 0.2) is 0 Å². The lowest BCUT2D eigenvalue weighted by Gasteiger charge is -2.23. The molecule has 1 unspecified atom stereocenters. The predicted molar refractivity (Wildman–Crippen MR) is 100 cm³/mol. The molecule has 0 spiro atoms. The lowest BCUT2D eigenvalue weighted by molar-refractivity contribution is -0.129. The minimum absolute atomic E-state index is 0.0269. The number of likely N-dealkylation sites (N-methyl/N-ethyl adjacent to an activating group) is 1. The number of amides is 2. The third-order valence-electron chi connectivity index (χ3n) is 5.64. The zero-order valence-electron chi connectivity index (χ0n) is 15.6. The van der Waals surface area contributed by atoms with Crippen LogP contribution in [-0.2, 0) is 11.2 Å². The van der Waals surface area contributed by atoms with Gasteiger partial charge in [-0.2, -0.15) is 5.10 Å². The van der Waals surface area contributed by atoms with Gasteiger partial charge in [-0.05, 0) is 31.4 Å². The molecule has 2 atom stereocenters. The number of anilines is 1. The third kappa shape index (κ3) is 3.39. The molecule has 2 aromatic rings. The van der Waals surface area contributed by atoms with Crippen LogP contribution >= 0.6 is 0 Å². The lowest BCUT2D eigenvalue weighted by atomic mass is 10.2. The maximum atomic E-state index is 12.7. The fraction of sp³-hybridized carbons (Fsp3) is 0.474. The summed E-state index contributed by atoms with van der Waals surface area (Å²) in [6.07, 6.45) is 6.28. The smallest absolute Gasteiger partial charge is 0.255 e. The molecule has 2 N–H and O–H groups in total. The molecule has 4 rings (SSSR count). The standard InChI is InChI=1S/C19H24N6O2/c1-12(26)24(2)14-7-8-25(11-14)19(27)13-3-6-18(20-9-13)22-16-4-5-17-15(16)10-21-23-17/h3,6,9-10,14,16H,4-5,7-8,11H2,1-2H3,(H,20,22)(H,21,23)/t14-,16?/m0/s1. The number of likely N-dealkylation sites (tertiary alicyclic amines) is 1. The summed E-state index contributed by atoms with van der Waals surface area (Å²) in [7, 11) is 1.79. The van der Waals surface area contributed by atoms with E-state index in [0.29, 0.717) is 18.7 Å². The zero-order valence-corrected chi connectivity index (χ0v) is 15.6. The Morgan fingerprint density at radius 2 is 2.15 bits per heavy atom. The number of carbonyl (C=O) groups excluding carboxylic acids is 2. The van der Waals surface area contributed by atoms with E-state index in [1.165, 1.54) is 11.3 Å². The second kappa shape index (κ2) is 7.02. The first-order valence-corrected chi connectivity index (χ1v) is 9.30. The molecule has 2 aromatic heterocycles. The predicted octanol–water partition coefficient (Wildman–Crippen LogP) is 1.60. The Morgan fingerprint density at radius 3 is 2.89 bits per heavy atom. The maximum Gasteiger partial charge on any atom is 0.255 e. The Bertz CT molecular complexity index is 846. The fourth-order valence-corrected chi connectivity index (χ4v) is 3.88. The minimum Gasteiger partial charge on any atom is -0.363 e. The van der Waals surface area contributed by atoms with Crippen LogP contribution in [0.4, 0.5) is 5.82 Å². The summed E-state index contributed by atoms with van der Waals surface area (Å²) >= 11 is 0. The highest BCUT2D eigenvalue weighted by Gasteiger charge is 2.30. The average molecular weight is 368 g/mol. The van der Waals surface area contributed by atoms with Crippen molar-refractivity contribution in [1.29, 1.82) is 0 Å². The molecule has 1 fully saturated rings. The van der Waals surface area contributed by atoms with Crippen LogP contribution in [0.15, 0.2) is 24.5 Å². The maximum absolute atomic E-state index is 12.7. The molecule has 3 heterocycles. The van der Waals surface area contributed by atoms with Crippen molar-refractivity contribution >= 4 is 17.6 Å². The van der Waals surface area contributed by atoms with Gasteiger partial charge in [-0.15, -0.1) is 0 Å². The monoisotopic (exact) mass is 368 g/mol. The number of pyridine rings is 1. The first-order valence-electron chi connectivity index (χ1n) is 9.30. The Kier molecular flexibility index (Phi) is 4.55. The molecule has 27 heavy (non-hydrogen) atoms. The highest BCUT2D eigenvalue weighted by atomic mass is 16.2. The number of aryl methyl sites for hydroxylation is 1. The van der Waals surface area contributed by atoms with Gasteiger partial charge in [-0.1, -0.05) is 0 Å². The number of hydrogen-bond acceptors (Lipinski definition) is 5. The molecule has 1 aliphatic heterocycles. The van der Waals surface area contributed by atoms with Gasteiger partial charge in [0.2, 0.25) is 5.91 Å². The van der Waals surface area contributed by atoms with E-state index in [-0.39, 0.29) is 23.9 Å². The van der Waals surface area contributed by atoms with Crippen LogP contribution < -0.4 is 5.32 Å². The van der Waals surface area contributed by atoms with Crippen LogP contribution in [0.25, 0.3) is 0 Å². The van der Waals surface area contributed by atoms with Gasteiger partial charge in [0.05, 0.1) is 23.8 Å². The van der Waals surface area contributed by atoms with Gasteiger partial charge in [0.25, 0.3) is 5.91 Å². The van der Waals surface area contributed by atoms with Crippen molar-refractivity contribution in [3.63, 3.8) is 0 Å².